The minimum absolute atomic E-state index is 0.950. The summed E-state index contributed by atoms with van der Waals surface area (Å²) in [7, 11) is 2.08. The van der Waals surface area contributed by atoms with Crippen LogP contribution in [-0.4, -0.2) is 25.0 Å². The molecule has 1 heteroatoms. The fourth-order valence-electron chi connectivity index (χ4n) is 0.760. The first-order valence-electron chi connectivity index (χ1n) is 3.87. The third-order valence-corrected chi connectivity index (χ3v) is 1.59. The molecule has 0 aromatic rings. The Morgan fingerprint density at radius 2 is 2.09 bits per heavy atom. The molecule has 0 unspecified atom stereocenters. The Kier molecular flexibility index (Phi) is 5.49. The Hall–Kier alpha value is -0.820. The van der Waals surface area contributed by atoms with Gasteiger partial charge in [-0.15, -0.1) is 0 Å². The van der Waals surface area contributed by atoms with Crippen molar-refractivity contribution in [2.24, 2.45) is 0 Å². The molecule has 0 heterocycles. The van der Waals surface area contributed by atoms with E-state index in [0.717, 1.165) is 13.1 Å². The van der Waals surface area contributed by atoms with Crippen LogP contribution < -0.4 is 0 Å². The lowest BCUT2D eigenvalue weighted by Crippen LogP contribution is -2.19. The van der Waals surface area contributed by atoms with Crippen LogP contribution in [0.25, 0.3) is 0 Å². The predicted molar refractivity (Wildman–Crippen MR) is 51.6 cm³/mol. The van der Waals surface area contributed by atoms with Crippen molar-refractivity contribution >= 4 is 0 Å². The monoisotopic (exact) mass is 151 g/mol. The van der Waals surface area contributed by atoms with Gasteiger partial charge in [0.25, 0.3) is 0 Å². The number of allylic oxidation sites excluding steroid dienone is 2. The van der Waals surface area contributed by atoms with Crippen LogP contribution in [0.2, 0.25) is 0 Å². The quantitative estimate of drug-likeness (QED) is 0.545. The average Bonchev–Trinajstić information content (AvgIpc) is 2.03. The first-order chi connectivity index (χ1) is 5.24. The Labute approximate surface area is 69.7 Å². The molecule has 0 bridgehead atoms. The third-order valence-electron chi connectivity index (χ3n) is 1.59. The zero-order valence-corrected chi connectivity index (χ0v) is 7.51. The molecule has 62 valence electrons. The molecule has 0 saturated carbocycles. The summed E-state index contributed by atoms with van der Waals surface area (Å²) < 4.78 is 0. The molecule has 0 aromatic carbocycles. The van der Waals surface area contributed by atoms with Crippen molar-refractivity contribution in [1.82, 2.24) is 4.90 Å². The van der Waals surface area contributed by atoms with Crippen molar-refractivity contribution in [1.29, 1.82) is 0 Å². The summed E-state index contributed by atoms with van der Waals surface area (Å²) in [6, 6.07) is 0. The smallest absolute Gasteiger partial charge is 0.0230 e. The topological polar surface area (TPSA) is 3.24 Å². The molecule has 0 aliphatic heterocycles. The summed E-state index contributed by atoms with van der Waals surface area (Å²) in [4.78, 5) is 2.22. The maximum Gasteiger partial charge on any atom is 0.0230 e. The van der Waals surface area contributed by atoms with Gasteiger partial charge in [-0.2, -0.15) is 0 Å². The van der Waals surface area contributed by atoms with Gasteiger partial charge >= 0.3 is 0 Å². The van der Waals surface area contributed by atoms with Gasteiger partial charge in [0.1, 0.15) is 0 Å². The first kappa shape index (κ1) is 10.2. The second kappa shape index (κ2) is 5.93. The molecule has 0 aliphatic carbocycles. The molecule has 0 aromatic heterocycles. The largest absolute Gasteiger partial charge is 0.302 e. The Morgan fingerprint density at radius 3 is 2.45 bits per heavy atom. The SMILES string of the molecule is C=C/C=C(\C=C)CN(C)CC. The van der Waals surface area contributed by atoms with Crippen LogP contribution in [0.15, 0.2) is 37.0 Å². The number of rotatable bonds is 5. The van der Waals surface area contributed by atoms with Gasteiger partial charge in [-0.3, -0.25) is 0 Å². The Morgan fingerprint density at radius 1 is 1.45 bits per heavy atom. The van der Waals surface area contributed by atoms with E-state index in [-0.39, 0.29) is 0 Å². The third kappa shape index (κ3) is 4.57. The van der Waals surface area contributed by atoms with Crippen LogP contribution in [0.3, 0.4) is 0 Å². The van der Waals surface area contributed by atoms with Crippen LogP contribution in [0.1, 0.15) is 6.92 Å². The molecule has 0 fully saturated rings. The summed E-state index contributed by atoms with van der Waals surface area (Å²) in [5.74, 6) is 0. The fourth-order valence-corrected chi connectivity index (χ4v) is 0.760. The van der Waals surface area contributed by atoms with Crippen molar-refractivity contribution < 1.29 is 0 Å². The van der Waals surface area contributed by atoms with Gasteiger partial charge in [-0.1, -0.05) is 38.3 Å². The highest BCUT2D eigenvalue weighted by molar-refractivity contribution is 5.22. The van der Waals surface area contributed by atoms with Gasteiger partial charge in [-0.25, -0.2) is 0 Å². The van der Waals surface area contributed by atoms with Gasteiger partial charge in [0.15, 0.2) is 0 Å². The maximum absolute atomic E-state index is 3.72. The first-order valence-corrected chi connectivity index (χ1v) is 3.87. The number of likely N-dealkylation sites (N-methyl/N-ethyl adjacent to an activating group) is 1. The van der Waals surface area contributed by atoms with E-state index >= 15 is 0 Å². The van der Waals surface area contributed by atoms with E-state index in [2.05, 4.69) is 32.0 Å². The second-order valence-electron chi connectivity index (χ2n) is 2.51. The zero-order valence-electron chi connectivity index (χ0n) is 7.51. The van der Waals surface area contributed by atoms with Gasteiger partial charge in [0.2, 0.25) is 0 Å². The number of hydrogen-bond acceptors (Lipinski definition) is 1. The normalized spacial score (nSPS) is 11.7. The fraction of sp³-hybridized carbons (Fsp3) is 0.400. The molecule has 0 aliphatic rings. The second-order valence-corrected chi connectivity index (χ2v) is 2.51. The van der Waals surface area contributed by atoms with Crippen molar-refractivity contribution in [2.75, 3.05) is 20.1 Å². The lowest BCUT2D eigenvalue weighted by Gasteiger charge is -2.13. The average molecular weight is 151 g/mol. The molecule has 0 saturated heterocycles. The molecule has 0 amide bonds. The van der Waals surface area contributed by atoms with E-state index in [4.69, 9.17) is 0 Å². The molecular weight excluding hydrogens is 134 g/mol. The van der Waals surface area contributed by atoms with Crippen molar-refractivity contribution in [2.45, 2.75) is 6.92 Å². The van der Waals surface area contributed by atoms with Crippen LogP contribution >= 0.6 is 0 Å². The highest BCUT2D eigenvalue weighted by Gasteiger charge is 1.94. The van der Waals surface area contributed by atoms with Gasteiger partial charge in [0.05, 0.1) is 0 Å². The molecular formula is C10H17N. The van der Waals surface area contributed by atoms with Gasteiger partial charge in [0, 0.05) is 6.54 Å². The lowest BCUT2D eigenvalue weighted by molar-refractivity contribution is 0.386. The Balaban J connectivity index is 3.97. The lowest BCUT2D eigenvalue weighted by atomic mass is 10.2. The van der Waals surface area contributed by atoms with E-state index in [0.29, 0.717) is 0 Å². The van der Waals surface area contributed by atoms with Crippen molar-refractivity contribution in [3.8, 4) is 0 Å². The molecule has 0 N–H and O–H groups in total. The molecule has 0 atom stereocenters. The summed E-state index contributed by atoms with van der Waals surface area (Å²) in [5, 5.41) is 0. The van der Waals surface area contributed by atoms with Gasteiger partial charge < -0.3 is 4.90 Å². The molecule has 0 rings (SSSR count). The standard InChI is InChI=1S/C10H17N/c1-5-8-10(6-2)9-11(4)7-3/h5-6,8H,1-2,7,9H2,3-4H3/b10-8+. The highest BCUT2D eigenvalue weighted by Crippen LogP contribution is 1.98. The summed E-state index contributed by atoms with van der Waals surface area (Å²) >= 11 is 0. The molecule has 0 radical (unpaired) electrons. The van der Waals surface area contributed by atoms with E-state index in [9.17, 15) is 0 Å². The van der Waals surface area contributed by atoms with Crippen molar-refractivity contribution in [3.05, 3.63) is 37.0 Å². The van der Waals surface area contributed by atoms with Crippen LogP contribution in [0, 0.1) is 0 Å². The molecule has 1 nitrogen and oxygen atoms in total. The minimum Gasteiger partial charge on any atom is -0.302 e. The van der Waals surface area contributed by atoms with E-state index in [1.807, 2.05) is 12.2 Å². The summed E-state index contributed by atoms with van der Waals surface area (Å²) in [5.41, 5.74) is 1.21. The summed E-state index contributed by atoms with van der Waals surface area (Å²) in [6.07, 6.45) is 5.65. The van der Waals surface area contributed by atoms with Crippen LogP contribution in [0.4, 0.5) is 0 Å². The summed E-state index contributed by atoms with van der Waals surface area (Å²) in [6.45, 7) is 11.5. The minimum atomic E-state index is 0.950. The number of hydrogen-bond donors (Lipinski definition) is 0. The van der Waals surface area contributed by atoms with Crippen LogP contribution in [0.5, 0.6) is 0 Å². The maximum atomic E-state index is 3.72. The highest BCUT2D eigenvalue weighted by atomic mass is 15.1. The molecule has 11 heavy (non-hydrogen) atoms. The van der Waals surface area contributed by atoms with Gasteiger partial charge in [-0.05, 0) is 19.2 Å². The van der Waals surface area contributed by atoms with Crippen LogP contribution in [-0.2, 0) is 0 Å². The zero-order chi connectivity index (χ0) is 8.69. The van der Waals surface area contributed by atoms with E-state index in [1.165, 1.54) is 5.57 Å². The number of nitrogens with zero attached hydrogens (tertiary/aromatic N) is 1. The molecule has 0 spiro atoms. The van der Waals surface area contributed by atoms with E-state index in [1.54, 1.807) is 6.08 Å². The predicted octanol–water partition coefficient (Wildman–Crippen LogP) is 2.24. The van der Waals surface area contributed by atoms with Crippen molar-refractivity contribution in [3.63, 3.8) is 0 Å². The van der Waals surface area contributed by atoms with E-state index < -0.39 is 0 Å². The Bertz CT molecular complexity index is 156.